The molecule has 6 rings (SSSR count). The molecule has 0 unspecified atom stereocenters. The zero-order valence-electron chi connectivity index (χ0n) is 23.1. The van der Waals surface area contributed by atoms with Crippen molar-refractivity contribution < 1.29 is 33.6 Å². The monoisotopic (exact) mass is 579 g/mol. The second-order valence-electron chi connectivity index (χ2n) is 10.1. The summed E-state index contributed by atoms with van der Waals surface area (Å²) in [5.41, 5.74) is 2.15. The predicted molar refractivity (Wildman–Crippen MR) is 155 cm³/mol. The van der Waals surface area contributed by atoms with Crippen LogP contribution in [0.3, 0.4) is 0 Å². The van der Waals surface area contributed by atoms with E-state index in [1.165, 1.54) is 36.4 Å². The van der Waals surface area contributed by atoms with E-state index < -0.39 is 40.8 Å². The number of aryl methyl sites for hydroxylation is 1. The Morgan fingerprint density at radius 1 is 0.884 bits per heavy atom. The molecule has 0 saturated carbocycles. The van der Waals surface area contributed by atoms with Gasteiger partial charge in [0.1, 0.15) is 5.92 Å². The molecule has 4 aromatic carbocycles. The number of esters is 1. The molecule has 0 spiro atoms. The molecule has 11 heteroatoms. The Hall–Kier alpha value is -5.55. The van der Waals surface area contributed by atoms with Crippen molar-refractivity contribution in [2.45, 2.75) is 19.1 Å². The largest absolute Gasteiger partial charge is 0.493 e. The van der Waals surface area contributed by atoms with Crippen molar-refractivity contribution in [1.82, 2.24) is 0 Å². The topological polar surface area (TPSA) is 129 Å². The van der Waals surface area contributed by atoms with E-state index in [0.717, 1.165) is 10.5 Å². The third kappa shape index (κ3) is 4.85. The number of anilines is 2. The number of nitro benzene ring substituents is 1. The molecule has 2 heterocycles. The van der Waals surface area contributed by atoms with Crippen LogP contribution in [0.25, 0.3) is 0 Å². The van der Waals surface area contributed by atoms with Gasteiger partial charge in [0, 0.05) is 12.1 Å². The van der Waals surface area contributed by atoms with Crippen molar-refractivity contribution in [3.05, 3.63) is 124 Å². The molecule has 2 amide bonds. The molecule has 2 fully saturated rings. The van der Waals surface area contributed by atoms with Crippen molar-refractivity contribution in [2.75, 3.05) is 17.1 Å². The number of amides is 2. The highest BCUT2D eigenvalue weighted by molar-refractivity contribution is 6.24. The van der Waals surface area contributed by atoms with Gasteiger partial charge in [-0.15, -0.1) is 0 Å². The quantitative estimate of drug-likeness (QED) is 0.0956. The van der Waals surface area contributed by atoms with Gasteiger partial charge >= 0.3 is 5.97 Å². The summed E-state index contributed by atoms with van der Waals surface area (Å²) in [6, 6.07) is 25.2. The number of hydroxylamine groups is 1. The molecule has 4 aromatic rings. The van der Waals surface area contributed by atoms with Gasteiger partial charge in [-0.05, 0) is 54.4 Å². The van der Waals surface area contributed by atoms with Gasteiger partial charge in [-0.25, -0.2) is 14.8 Å². The zero-order valence-corrected chi connectivity index (χ0v) is 23.1. The Bertz CT molecular complexity index is 1760. The summed E-state index contributed by atoms with van der Waals surface area (Å²) in [7, 11) is 1.41. The number of carbonyl (C=O) groups excluding carboxylic acids is 3. The second kappa shape index (κ2) is 11.0. The molecular weight excluding hydrogens is 554 g/mol. The van der Waals surface area contributed by atoms with Crippen LogP contribution in [0.4, 0.5) is 17.1 Å². The summed E-state index contributed by atoms with van der Waals surface area (Å²) in [5, 5.41) is 12.9. The Balaban J connectivity index is 1.42. The smallest absolute Gasteiger partial charge is 0.343 e. The number of nitro groups is 1. The van der Waals surface area contributed by atoms with Crippen LogP contribution in [0.1, 0.15) is 27.5 Å². The molecule has 3 atom stereocenters. The van der Waals surface area contributed by atoms with E-state index in [9.17, 15) is 24.5 Å². The lowest BCUT2D eigenvalue weighted by Crippen LogP contribution is -2.37. The summed E-state index contributed by atoms with van der Waals surface area (Å²) in [4.78, 5) is 58.7. The molecule has 216 valence electrons. The van der Waals surface area contributed by atoms with Crippen LogP contribution in [0.2, 0.25) is 0 Å². The first-order valence-corrected chi connectivity index (χ1v) is 13.4. The van der Waals surface area contributed by atoms with Gasteiger partial charge in [0.25, 0.3) is 11.6 Å². The van der Waals surface area contributed by atoms with Gasteiger partial charge in [-0.2, -0.15) is 0 Å². The fourth-order valence-electron chi connectivity index (χ4n) is 5.46. The van der Waals surface area contributed by atoms with E-state index in [2.05, 4.69) is 0 Å². The van der Waals surface area contributed by atoms with Crippen LogP contribution in [-0.4, -0.2) is 35.9 Å². The van der Waals surface area contributed by atoms with Gasteiger partial charge in [0.15, 0.2) is 17.6 Å². The molecule has 2 saturated heterocycles. The normalized spacial score (nSPS) is 19.3. The zero-order chi connectivity index (χ0) is 30.2. The van der Waals surface area contributed by atoms with Crippen molar-refractivity contribution in [2.24, 2.45) is 5.92 Å². The Labute approximate surface area is 245 Å². The number of rotatable bonds is 7. The fourth-order valence-corrected chi connectivity index (χ4v) is 5.46. The van der Waals surface area contributed by atoms with Gasteiger partial charge in [0.05, 0.1) is 35.0 Å². The minimum absolute atomic E-state index is 0.146. The van der Waals surface area contributed by atoms with E-state index in [4.69, 9.17) is 14.3 Å². The van der Waals surface area contributed by atoms with Crippen LogP contribution < -0.4 is 19.4 Å². The maximum absolute atomic E-state index is 14.0. The molecule has 0 radical (unpaired) electrons. The van der Waals surface area contributed by atoms with E-state index >= 15 is 0 Å². The highest BCUT2D eigenvalue weighted by Gasteiger charge is 2.60. The predicted octanol–water partition coefficient (Wildman–Crippen LogP) is 5.18. The average molecular weight is 580 g/mol. The van der Waals surface area contributed by atoms with Crippen LogP contribution in [0.5, 0.6) is 11.5 Å². The van der Waals surface area contributed by atoms with Crippen LogP contribution in [0, 0.1) is 23.0 Å². The number of para-hydroxylation sites is 1. The lowest BCUT2D eigenvalue weighted by atomic mass is 9.90. The van der Waals surface area contributed by atoms with Gasteiger partial charge in [-0.3, -0.25) is 24.5 Å². The van der Waals surface area contributed by atoms with Crippen LogP contribution >= 0.6 is 0 Å². The van der Waals surface area contributed by atoms with Gasteiger partial charge < -0.3 is 9.47 Å². The van der Waals surface area contributed by atoms with Gasteiger partial charge in [-0.1, -0.05) is 48.5 Å². The maximum atomic E-state index is 14.0. The Morgan fingerprint density at radius 2 is 1.63 bits per heavy atom. The van der Waals surface area contributed by atoms with Crippen molar-refractivity contribution >= 4 is 34.8 Å². The van der Waals surface area contributed by atoms with Crippen molar-refractivity contribution in [1.29, 1.82) is 0 Å². The molecule has 2 aliphatic heterocycles. The molecule has 0 aliphatic carbocycles. The van der Waals surface area contributed by atoms with Crippen LogP contribution in [-0.2, 0) is 14.4 Å². The first-order valence-electron chi connectivity index (χ1n) is 13.4. The summed E-state index contributed by atoms with van der Waals surface area (Å²) >= 11 is 0. The average Bonchev–Trinajstić information content (AvgIpc) is 3.53. The third-order valence-corrected chi connectivity index (χ3v) is 7.51. The van der Waals surface area contributed by atoms with Gasteiger partial charge in [0.2, 0.25) is 5.91 Å². The summed E-state index contributed by atoms with van der Waals surface area (Å²) in [6.45, 7) is 1.80. The first-order chi connectivity index (χ1) is 20.8. The van der Waals surface area contributed by atoms with Crippen LogP contribution in [0.15, 0.2) is 97.1 Å². The highest BCUT2D eigenvalue weighted by Crippen LogP contribution is 2.49. The number of carbonyl (C=O) groups is 3. The number of imide groups is 1. The molecule has 2 aliphatic rings. The minimum Gasteiger partial charge on any atom is -0.493 e. The standard InChI is InChI=1S/C32H25N3O8/c1-19-9-6-7-14-24(19)33-30(36)27-28(34(43-29(27)31(33)37)22-12-8-13-23(18-22)35(39)40)21-15-16-25(26(17-21)41-2)42-32(38)20-10-4-3-5-11-20/h3-18,27-29H,1-2H3/t27-,28+,29+/m1/s1. The lowest BCUT2D eigenvalue weighted by molar-refractivity contribution is -0.384. The number of hydrogen-bond donors (Lipinski definition) is 0. The summed E-state index contributed by atoms with van der Waals surface area (Å²) in [5.74, 6) is -2.23. The number of non-ortho nitro benzene ring substituents is 1. The van der Waals surface area contributed by atoms with E-state index in [0.29, 0.717) is 16.8 Å². The molecule has 0 bridgehead atoms. The number of hydrogen-bond acceptors (Lipinski definition) is 9. The maximum Gasteiger partial charge on any atom is 0.343 e. The minimum atomic E-state index is -1.18. The van der Waals surface area contributed by atoms with E-state index in [-0.39, 0.29) is 22.9 Å². The van der Waals surface area contributed by atoms with Crippen molar-refractivity contribution in [3.8, 4) is 11.5 Å². The van der Waals surface area contributed by atoms with E-state index in [1.54, 1.807) is 73.7 Å². The number of ether oxygens (including phenoxy) is 2. The fraction of sp³-hybridized carbons (Fsp3) is 0.156. The number of methoxy groups -OCH3 is 1. The molecule has 0 aromatic heterocycles. The Kier molecular flexibility index (Phi) is 7.08. The molecule has 43 heavy (non-hydrogen) atoms. The summed E-state index contributed by atoms with van der Waals surface area (Å²) < 4.78 is 11.1. The number of fused-ring (bicyclic) bond motifs is 1. The third-order valence-electron chi connectivity index (χ3n) is 7.51. The highest BCUT2D eigenvalue weighted by atomic mass is 16.7. The number of nitrogens with zero attached hydrogens (tertiary/aromatic N) is 3. The molecule has 0 N–H and O–H groups in total. The molecule has 11 nitrogen and oxygen atoms in total. The lowest BCUT2D eigenvalue weighted by Gasteiger charge is -2.29. The van der Waals surface area contributed by atoms with E-state index in [1.807, 2.05) is 6.07 Å². The second-order valence-corrected chi connectivity index (χ2v) is 10.1. The summed E-state index contributed by atoms with van der Waals surface area (Å²) in [6.07, 6.45) is -1.18. The Morgan fingerprint density at radius 3 is 2.35 bits per heavy atom. The van der Waals surface area contributed by atoms with Crippen molar-refractivity contribution in [3.63, 3.8) is 0 Å². The number of benzene rings is 4. The SMILES string of the molecule is COc1cc([C@H]2[C@H]3C(=O)N(c4ccccc4C)C(=O)[C@H]3ON2c2cccc([N+](=O)[O-])c2)ccc1OC(=O)c1ccccc1. The molecular formula is C32H25N3O8. The first kappa shape index (κ1) is 27.6.